The molecule has 1 aromatic carbocycles. The van der Waals surface area contributed by atoms with E-state index < -0.39 is 0 Å². The molecule has 15 heavy (non-hydrogen) atoms. The molecule has 3 heteroatoms. The van der Waals surface area contributed by atoms with Crippen LogP contribution in [0.2, 0.25) is 0 Å². The Morgan fingerprint density at radius 2 is 2.20 bits per heavy atom. The summed E-state index contributed by atoms with van der Waals surface area (Å²) < 4.78 is 5.23. The molecule has 0 saturated carbocycles. The van der Waals surface area contributed by atoms with Gasteiger partial charge >= 0.3 is 0 Å². The van der Waals surface area contributed by atoms with Gasteiger partial charge in [-0.15, -0.1) is 0 Å². The van der Waals surface area contributed by atoms with Crippen molar-refractivity contribution in [3.63, 3.8) is 0 Å². The Hall–Kier alpha value is -1.90. The van der Waals surface area contributed by atoms with E-state index in [-0.39, 0.29) is 0 Å². The second-order valence-electron chi connectivity index (χ2n) is 3.51. The lowest BCUT2D eigenvalue weighted by Crippen LogP contribution is -2.00. The van der Waals surface area contributed by atoms with Crippen LogP contribution in [0.4, 0.5) is 11.4 Å². The normalized spacial score (nSPS) is 10.2. The number of nitrogens with one attached hydrogen (secondary N) is 1. The third-order valence-corrected chi connectivity index (χ3v) is 2.29. The van der Waals surface area contributed by atoms with Crippen molar-refractivity contribution in [2.45, 2.75) is 13.5 Å². The number of anilines is 2. The second-order valence-corrected chi connectivity index (χ2v) is 3.51. The van der Waals surface area contributed by atoms with E-state index in [9.17, 15) is 0 Å². The zero-order valence-corrected chi connectivity index (χ0v) is 8.66. The van der Waals surface area contributed by atoms with Crippen molar-refractivity contribution in [2.75, 3.05) is 11.1 Å². The minimum Gasteiger partial charge on any atom is -0.467 e. The highest BCUT2D eigenvalue weighted by molar-refractivity contribution is 5.59. The maximum Gasteiger partial charge on any atom is 0.122 e. The summed E-state index contributed by atoms with van der Waals surface area (Å²) in [6, 6.07) is 9.64. The topological polar surface area (TPSA) is 51.2 Å². The van der Waals surface area contributed by atoms with Crippen LogP contribution in [0.15, 0.2) is 41.0 Å². The summed E-state index contributed by atoms with van der Waals surface area (Å²) in [6.45, 7) is 2.72. The van der Waals surface area contributed by atoms with Crippen molar-refractivity contribution in [1.82, 2.24) is 0 Å². The molecule has 1 aromatic heterocycles. The van der Waals surface area contributed by atoms with E-state index in [1.54, 1.807) is 6.26 Å². The molecule has 2 rings (SSSR count). The summed E-state index contributed by atoms with van der Waals surface area (Å²) >= 11 is 0. The molecule has 0 amide bonds. The molecule has 1 heterocycles. The van der Waals surface area contributed by atoms with Crippen LogP contribution in [0.3, 0.4) is 0 Å². The molecule has 0 aliphatic rings. The van der Waals surface area contributed by atoms with Gasteiger partial charge in [-0.3, -0.25) is 0 Å². The number of benzene rings is 1. The van der Waals surface area contributed by atoms with Crippen molar-refractivity contribution in [2.24, 2.45) is 0 Å². The van der Waals surface area contributed by atoms with Gasteiger partial charge < -0.3 is 15.5 Å². The summed E-state index contributed by atoms with van der Waals surface area (Å²) in [4.78, 5) is 0. The summed E-state index contributed by atoms with van der Waals surface area (Å²) in [5.74, 6) is 0.914. The fraction of sp³-hybridized carbons (Fsp3) is 0.167. The minimum atomic E-state index is 0.678. The Kier molecular flexibility index (Phi) is 2.63. The largest absolute Gasteiger partial charge is 0.467 e. The van der Waals surface area contributed by atoms with Crippen LogP contribution in [0.5, 0.6) is 0 Å². The van der Waals surface area contributed by atoms with E-state index in [4.69, 9.17) is 10.2 Å². The molecule has 0 aliphatic carbocycles. The molecule has 0 saturated heterocycles. The number of rotatable bonds is 3. The SMILES string of the molecule is Cc1ccc(N)cc1NCc1ccco1. The van der Waals surface area contributed by atoms with Gasteiger partial charge in [-0.1, -0.05) is 6.07 Å². The van der Waals surface area contributed by atoms with Crippen LogP contribution < -0.4 is 11.1 Å². The molecular weight excluding hydrogens is 188 g/mol. The van der Waals surface area contributed by atoms with E-state index in [1.165, 1.54) is 5.56 Å². The van der Waals surface area contributed by atoms with E-state index >= 15 is 0 Å². The van der Waals surface area contributed by atoms with Crippen molar-refractivity contribution >= 4 is 11.4 Å². The molecule has 0 bridgehead atoms. The quantitative estimate of drug-likeness (QED) is 0.752. The summed E-state index contributed by atoms with van der Waals surface area (Å²) in [5.41, 5.74) is 8.70. The van der Waals surface area contributed by atoms with Crippen LogP contribution in [-0.2, 0) is 6.54 Å². The molecule has 0 unspecified atom stereocenters. The first-order valence-corrected chi connectivity index (χ1v) is 4.88. The highest BCUT2D eigenvalue weighted by Gasteiger charge is 1.99. The van der Waals surface area contributed by atoms with Crippen LogP contribution in [-0.4, -0.2) is 0 Å². The predicted molar refractivity (Wildman–Crippen MR) is 61.6 cm³/mol. The smallest absolute Gasteiger partial charge is 0.122 e. The molecule has 0 fully saturated rings. The van der Waals surface area contributed by atoms with Gasteiger partial charge in [-0.05, 0) is 36.8 Å². The summed E-state index contributed by atoms with van der Waals surface area (Å²) in [6.07, 6.45) is 1.67. The third kappa shape index (κ3) is 2.31. The van der Waals surface area contributed by atoms with Gasteiger partial charge in [-0.2, -0.15) is 0 Å². The van der Waals surface area contributed by atoms with Crippen molar-refractivity contribution < 1.29 is 4.42 Å². The Labute approximate surface area is 88.9 Å². The number of hydrogen-bond donors (Lipinski definition) is 2. The maximum atomic E-state index is 5.71. The average Bonchev–Trinajstić information content (AvgIpc) is 2.72. The number of nitrogens with two attached hydrogens (primary N) is 1. The van der Waals surface area contributed by atoms with Crippen molar-refractivity contribution in [1.29, 1.82) is 0 Å². The fourth-order valence-electron chi connectivity index (χ4n) is 1.43. The zero-order chi connectivity index (χ0) is 10.7. The average molecular weight is 202 g/mol. The summed E-state index contributed by atoms with van der Waals surface area (Å²) in [7, 11) is 0. The maximum absolute atomic E-state index is 5.71. The highest BCUT2D eigenvalue weighted by atomic mass is 16.3. The van der Waals surface area contributed by atoms with Gasteiger partial charge in [0.05, 0.1) is 12.8 Å². The van der Waals surface area contributed by atoms with E-state index in [1.807, 2.05) is 37.3 Å². The molecule has 2 aromatic rings. The molecule has 0 radical (unpaired) electrons. The molecule has 78 valence electrons. The number of nitrogen functional groups attached to an aromatic ring is 1. The monoisotopic (exact) mass is 202 g/mol. The zero-order valence-electron chi connectivity index (χ0n) is 8.66. The molecule has 0 aliphatic heterocycles. The van der Waals surface area contributed by atoms with E-state index in [0.29, 0.717) is 6.54 Å². The fourth-order valence-corrected chi connectivity index (χ4v) is 1.43. The van der Waals surface area contributed by atoms with Gasteiger partial charge in [0.2, 0.25) is 0 Å². The lowest BCUT2D eigenvalue weighted by Gasteiger charge is -2.08. The Balaban J connectivity index is 2.07. The first-order chi connectivity index (χ1) is 7.25. The van der Waals surface area contributed by atoms with Crippen LogP contribution in [0.25, 0.3) is 0 Å². The lowest BCUT2D eigenvalue weighted by atomic mass is 10.2. The first-order valence-electron chi connectivity index (χ1n) is 4.88. The van der Waals surface area contributed by atoms with Crippen molar-refractivity contribution in [3.05, 3.63) is 47.9 Å². The van der Waals surface area contributed by atoms with Crippen LogP contribution in [0.1, 0.15) is 11.3 Å². The van der Waals surface area contributed by atoms with Gasteiger partial charge in [0.1, 0.15) is 5.76 Å². The third-order valence-electron chi connectivity index (χ3n) is 2.29. The standard InChI is InChI=1S/C12H14N2O/c1-9-4-5-10(13)7-12(9)14-8-11-3-2-6-15-11/h2-7,14H,8,13H2,1H3. The van der Waals surface area contributed by atoms with Gasteiger partial charge in [-0.25, -0.2) is 0 Å². The van der Waals surface area contributed by atoms with Crippen LogP contribution >= 0.6 is 0 Å². The number of hydrogen-bond acceptors (Lipinski definition) is 3. The van der Waals surface area contributed by atoms with Gasteiger partial charge in [0.15, 0.2) is 0 Å². The first kappa shape index (κ1) is 9.65. The Morgan fingerprint density at radius 3 is 2.93 bits per heavy atom. The van der Waals surface area contributed by atoms with E-state index in [0.717, 1.165) is 17.1 Å². The molecule has 0 atom stereocenters. The van der Waals surface area contributed by atoms with Gasteiger partial charge in [0.25, 0.3) is 0 Å². The predicted octanol–water partition coefficient (Wildman–Crippen LogP) is 2.78. The molecular formula is C12H14N2O. The lowest BCUT2D eigenvalue weighted by molar-refractivity contribution is 0.518. The second kappa shape index (κ2) is 4.09. The molecule has 0 spiro atoms. The van der Waals surface area contributed by atoms with Gasteiger partial charge in [0, 0.05) is 11.4 Å². The Morgan fingerprint density at radius 1 is 1.33 bits per heavy atom. The molecule has 3 N–H and O–H groups in total. The van der Waals surface area contributed by atoms with E-state index in [2.05, 4.69) is 5.32 Å². The number of furan rings is 1. The highest BCUT2D eigenvalue weighted by Crippen LogP contribution is 2.18. The van der Waals surface area contributed by atoms with Crippen molar-refractivity contribution in [3.8, 4) is 0 Å². The minimum absolute atomic E-state index is 0.678. The number of aryl methyl sites for hydroxylation is 1. The Bertz CT molecular complexity index is 435. The summed E-state index contributed by atoms with van der Waals surface area (Å²) in [5, 5.41) is 3.28. The van der Waals surface area contributed by atoms with Crippen LogP contribution in [0, 0.1) is 6.92 Å². The molecule has 3 nitrogen and oxygen atoms in total.